The van der Waals surface area contributed by atoms with E-state index < -0.39 is 74.9 Å². The third kappa shape index (κ3) is 5.85. The molecule has 10 heteroatoms. The van der Waals surface area contributed by atoms with Crippen molar-refractivity contribution in [3.8, 4) is 0 Å². The maximum atomic E-state index is 3.11. The Hall–Kier alpha value is 2.17. The number of hydrogen-bond donors (Lipinski definition) is 0. The molecule has 0 aliphatic carbocycles. The summed E-state index contributed by atoms with van der Waals surface area (Å²) in [6.45, 7) is 58.1. The van der Waals surface area contributed by atoms with Crippen LogP contribution in [0.4, 0.5) is 0 Å². The lowest BCUT2D eigenvalue weighted by Crippen LogP contribution is -3.04. The fourth-order valence-electron chi connectivity index (χ4n) is 9.47. The topological polar surface area (TPSA) is 0 Å². The average molecular weight is 638 g/mol. The van der Waals surface area contributed by atoms with Gasteiger partial charge < -0.3 is 0 Å². The predicted molar refractivity (Wildman–Crippen MR) is 194 cm³/mol. The molecular weight excluding hydrogens is 569 g/mol. The number of hydrogen-bond acceptors (Lipinski definition) is 0. The summed E-state index contributed by atoms with van der Waals surface area (Å²) in [6.07, 6.45) is 0. The monoisotopic (exact) mass is 636 g/mol. The Kier molecular flexibility index (Phi) is 9.43. The fraction of sp³-hybridized carbons (Fsp3) is 1.00. The largest absolute Gasteiger partial charge is 0.0735 e. The van der Waals surface area contributed by atoms with E-state index in [1.54, 1.807) is 0 Å². The summed E-state index contributed by atoms with van der Waals surface area (Å²) < 4.78 is 0. The smallest absolute Gasteiger partial charge is 0.0412 e. The Morgan fingerprint density at radius 3 is 0.500 bits per heavy atom. The second kappa shape index (κ2) is 9.38. The second-order valence-corrected chi connectivity index (χ2v) is 114. The van der Waals surface area contributed by atoms with Gasteiger partial charge in [-0.05, 0) is 0 Å². The summed E-state index contributed by atoms with van der Waals surface area (Å²) in [5.74, 6) is 0. The molecule has 0 aromatic carbocycles. The Labute approximate surface area is 227 Å². The van der Waals surface area contributed by atoms with Crippen LogP contribution in [0.3, 0.4) is 0 Å². The molecule has 204 valence electrons. The molecule has 0 saturated carbocycles. The van der Waals surface area contributed by atoms with Gasteiger partial charge in [0.1, 0.15) is 0 Å². The maximum absolute atomic E-state index is 3.11. The van der Waals surface area contributed by atoms with Crippen molar-refractivity contribution in [1.29, 1.82) is 0 Å². The van der Waals surface area contributed by atoms with Crippen molar-refractivity contribution < 1.29 is 0 Å². The van der Waals surface area contributed by atoms with Crippen LogP contribution in [-0.4, -0.2) is 74.9 Å². The Balaban J connectivity index is 4.30. The normalized spacial score (nSPS) is 25.8. The second-order valence-electron chi connectivity index (χ2n) is 19.6. The van der Waals surface area contributed by atoms with Crippen molar-refractivity contribution in [3.05, 3.63) is 0 Å². The highest BCUT2D eigenvalue weighted by molar-refractivity contribution is 8.14. The molecule has 1 fully saturated rings. The minimum atomic E-state index is -1.33. The van der Waals surface area contributed by atoms with Gasteiger partial charge in [-0.15, -0.1) is 0 Å². The van der Waals surface area contributed by atoms with Crippen LogP contribution in [0.1, 0.15) is 0 Å². The molecule has 0 nitrogen and oxygen atoms in total. The Morgan fingerprint density at radius 1 is 0.294 bits per heavy atom. The fourth-order valence-corrected chi connectivity index (χ4v) is 361. The first-order valence-electron chi connectivity index (χ1n) is 14.3. The molecule has 0 spiro atoms. The average Bonchev–Trinajstić information content (AvgIpc) is 2.45. The van der Waals surface area contributed by atoms with Crippen LogP contribution in [-0.2, 0) is 0 Å². The lowest BCUT2D eigenvalue weighted by molar-refractivity contribution is 1.48. The third-order valence-corrected chi connectivity index (χ3v) is 190. The zero-order valence-corrected chi connectivity index (χ0v) is 37.8. The molecular formula is C24H68Si10. The summed E-state index contributed by atoms with van der Waals surface area (Å²) in [5.41, 5.74) is 7.28. The van der Waals surface area contributed by atoms with Crippen LogP contribution in [0.2, 0.25) is 154 Å². The van der Waals surface area contributed by atoms with Gasteiger partial charge in [0.15, 0.2) is 0 Å². The minimum Gasteiger partial charge on any atom is -0.0735 e. The molecule has 1 heterocycles. The highest BCUT2D eigenvalue weighted by atomic mass is 30.2. The molecule has 0 aromatic rings. The molecule has 0 N–H and O–H groups in total. The van der Waals surface area contributed by atoms with Gasteiger partial charge in [-0.25, -0.2) is 0 Å². The van der Waals surface area contributed by atoms with Crippen molar-refractivity contribution in [2.45, 2.75) is 154 Å². The summed E-state index contributed by atoms with van der Waals surface area (Å²) in [6, 6.07) is 0. The molecule has 1 saturated heterocycles. The van der Waals surface area contributed by atoms with E-state index in [4.69, 9.17) is 0 Å². The summed E-state index contributed by atoms with van der Waals surface area (Å²) in [7, 11) is -12.5. The molecule has 0 atom stereocenters. The van der Waals surface area contributed by atoms with E-state index in [2.05, 4.69) is 131 Å². The van der Waals surface area contributed by atoms with Crippen LogP contribution in [0, 0.1) is 0 Å². The summed E-state index contributed by atoms with van der Waals surface area (Å²) in [5, 5.41) is 0. The highest BCUT2D eigenvalue weighted by Crippen LogP contribution is 2.59. The predicted octanol–water partition coefficient (Wildman–Crippen LogP) is 9.71. The van der Waals surface area contributed by atoms with E-state index in [9.17, 15) is 0 Å². The quantitative estimate of drug-likeness (QED) is 0.233. The van der Waals surface area contributed by atoms with Crippen LogP contribution < -0.4 is 0 Å². The van der Waals surface area contributed by atoms with Gasteiger partial charge in [0, 0.05) is 74.9 Å². The van der Waals surface area contributed by atoms with Gasteiger partial charge in [-0.1, -0.05) is 154 Å². The zero-order chi connectivity index (χ0) is 27.8. The highest BCUT2D eigenvalue weighted by Gasteiger charge is 2.81. The van der Waals surface area contributed by atoms with Crippen LogP contribution in [0.15, 0.2) is 0 Å². The van der Waals surface area contributed by atoms with E-state index in [1.807, 2.05) is 22.7 Å². The molecule has 0 amide bonds. The van der Waals surface area contributed by atoms with Crippen LogP contribution in [0.5, 0.6) is 0 Å². The lowest BCUT2D eigenvalue weighted by Gasteiger charge is -2.78. The van der Waals surface area contributed by atoms with E-state index in [0.29, 0.717) is 0 Å². The van der Waals surface area contributed by atoms with Gasteiger partial charge in [0.05, 0.1) is 0 Å². The molecule has 1 aliphatic heterocycles. The Bertz CT molecular complexity index is 612. The van der Waals surface area contributed by atoms with Crippen molar-refractivity contribution in [2.24, 2.45) is 0 Å². The van der Waals surface area contributed by atoms with Crippen LogP contribution in [0.25, 0.3) is 0 Å². The molecule has 0 aromatic heterocycles. The maximum Gasteiger partial charge on any atom is 0.0412 e. The first-order valence-corrected chi connectivity index (χ1v) is 52.0. The van der Waals surface area contributed by atoms with Crippen molar-refractivity contribution in [2.75, 3.05) is 0 Å². The van der Waals surface area contributed by atoms with Gasteiger partial charge in [0.25, 0.3) is 0 Å². The molecule has 0 radical (unpaired) electrons. The molecule has 34 heavy (non-hydrogen) atoms. The minimum absolute atomic E-state index is 1.13. The van der Waals surface area contributed by atoms with Gasteiger partial charge in [0.2, 0.25) is 0 Å². The van der Waals surface area contributed by atoms with E-state index in [-0.39, 0.29) is 0 Å². The summed E-state index contributed by atoms with van der Waals surface area (Å²) in [4.78, 5) is 0. The van der Waals surface area contributed by atoms with Gasteiger partial charge in [-0.2, -0.15) is 0 Å². The van der Waals surface area contributed by atoms with Gasteiger partial charge >= 0.3 is 0 Å². The first-order chi connectivity index (χ1) is 14.3. The standard InChI is InChI=1S/C24H68Si10/c1-25(2,3)21-33(22-26(4,5)6)29(13,14)31(17,18)34(23-27(7,8)9,24-28(10,11)12)32(19,20)30(33,15)16/h21-24H2,1-20H3. The van der Waals surface area contributed by atoms with Crippen LogP contribution >= 0.6 is 0 Å². The zero-order valence-electron chi connectivity index (χ0n) is 27.8. The van der Waals surface area contributed by atoms with E-state index in [1.165, 1.54) is 0 Å². The van der Waals surface area contributed by atoms with E-state index in [0.717, 1.165) is 0 Å². The lowest BCUT2D eigenvalue weighted by atomic mass is 11.7. The van der Waals surface area contributed by atoms with Crippen molar-refractivity contribution in [3.63, 3.8) is 0 Å². The van der Waals surface area contributed by atoms with Crippen molar-refractivity contribution in [1.82, 2.24) is 0 Å². The van der Waals surface area contributed by atoms with Gasteiger partial charge in [-0.3, -0.25) is 0 Å². The van der Waals surface area contributed by atoms with Crippen molar-refractivity contribution >= 4 is 74.9 Å². The van der Waals surface area contributed by atoms with E-state index >= 15 is 0 Å². The molecule has 0 unspecified atom stereocenters. The third-order valence-electron chi connectivity index (χ3n) is 11.2. The summed E-state index contributed by atoms with van der Waals surface area (Å²) >= 11 is 0. The molecule has 1 rings (SSSR count). The molecule has 0 bridgehead atoms. The first kappa shape index (κ1) is 34.2. The molecule has 1 aliphatic rings. The number of rotatable bonds is 8. The Morgan fingerprint density at radius 2 is 0.412 bits per heavy atom. The SMILES string of the molecule is C[Si](C)(C)C[Si]1(C[Si](C)(C)C)[Si](C)(C)[Si](C)(C)[Si](C[Si](C)(C)C)(C[Si](C)(C)C)[Si](C)(C)[Si]1(C)C.